The molecule has 1 aromatic heterocycles. The number of hydrogen-bond acceptors (Lipinski definition) is 6. The molecule has 1 heterocycles. The van der Waals surface area contributed by atoms with E-state index in [1.807, 2.05) is 0 Å². The smallest absolute Gasteiger partial charge is 0.360 e. The van der Waals surface area contributed by atoms with E-state index in [0.717, 1.165) is 32.6 Å². The fourth-order valence-electron chi connectivity index (χ4n) is 1.55. The van der Waals surface area contributed by atoms with Gasteiger partial charge >= 0.3 is 20.6 Å². The van der Waals surface area contributed by atoms with Crippen LogP contribution in [0.4, 0.5) is 11.5 Å². The van der Waals surface area contributed by atoms with E-state index in [9.17, 15) is 26.6 Å². The van der Waals surface area contributed by atoms with Gasteiger partial charge in [-0.15, -0.1) is 0 Å². The summed E-state index contributed by atoms with van der Waals surface area (Å²) in [5.74, 6) is -0.321. The normalized spacial score (nSPS) is 13.6. The largest absolute Gasteiger partial charge is 0.623 e. The topological polar surface area (TPSA) is 154 Å². The Morgan fingerprint density at radius 1 is 1.12 bits per heavy atom. The Balaban J connectivity index is 3.65. The maximum absolute atomic E-state index is 12.1. The van der Waals surface area contributed by atoms with Crippen LogP contribution in [-0.4, -0.2) is 61.5 Å². The van der Waals surface area contributed by atoms with E-state index in [1.165, 1.54) is 0 Å². The lowest BCUT2D eigenvalue weighted by molar-refractivity contribution is -0.530. The molecule has 0 atom stereocenters. The summed E-state index contributed by atoms with van der Waals surface area (Å²) < 4.78 is 64.9. The molecule has 0 unspecified atom stereocenters. The third kappa shape index (κ3) is 5.26. The molecular formula is C12H20N4O7S2. The molecule has 0 amide bonds. The first kappa shape index (κ1) is 21.1. The lowest BCUT2D eigenvalue weighted by atomic mass is 10.1. The van der Waals surface area contributed by atoms with Crippen molar-refractivity contribution in [1.82, 2.24) is 4.98 Å². The zero-order valence-electron chi connectivity index (χ0n) is 14.3. The number of anilines is 2. The third-order valence-corrected chi connectivity index (χ3v) is 4.94. The van der Waals surface area contributed by atoms with Gasteiger partial charge in [0.05, 0.1) is 11.3 Å². The number of aromatic nitrogens is 1. The van der Waals surface area contributed by atoms with Crippen molar-refractivity contribution in [3.8, 4) is 0 Å². The van der Waals surface area contributed by atoms with Gasteiger partial charge in [0.2, 0.25) is 0 Å². The average molecular weight is 396 g/mol. The molecule has 0 bridgehead atoms. The molecule has 0 aromatic carbocycles. The predicted molar refractivity (Wildman–Crippen MR) is 92.7 cm³/mol. The van der Waals surface area contributed by atoms with Crippen LogP contribution in [0, 0.1) is 5.21 Å². The average Bonchev–Trinajstić information content (AvgIpc) is 2.43. The molecule has 0 saturated heterocycles. The Labute approximate surface area is 146 Å². The summed E-state index contributed by atoms with van der Waals surface area (Å²) in [5, 5.41) is 12.1. The second kappa shape index (κ2) is 6.74. The van der Waals surface area contributed by atoms with Crippen molar-refractivity contribution >= 4 is 38.3 Å². The second-order valence-electron chi connectivity index (χ2n) is 6.12. The summed E-state index contributed by atoms with van der Waals surface area (Å²) in [6.07, 6.45) is 2.10. The molecule has 2 N–H and O–H groups in total. The van der Waals surface area contributed by atoms with Gasteiger partial charge in [-0.3, -0.25) is 9.11 Å². The molecule has 0 aliphatic carbocycles. The maximum Gasteiger partial charge on any atom is 0.360 e. The van der Waals surface area contributed by atoms with Crippen molar-refractivity contribution in [2.75, 3.05) is 22.7 Å². The molecule has 0 fully saturated rings. The quantitative estimate of drug-likeness (QED) is 0.237. The van der Waals surface area contributed by atoms with Crippen LogP contribution in [0.25, 0.3) is 0 Å². The number of hydroxylamine groups is 1. The van der Waals surface area contributed by atoms with Gasteiger partial charge in [0, 0.05) is 47.1 Å². The van der Waals surface area contributed by atoms with Crippen LogP contribution in [0.15, 0.2) is 12.3 Å². The zero-order valence-corrected chi connectivity index (χ0v) is 15.9. The highest BCUT2D eigenvalue weighted by atomic mass is 32.2. The van der Waals surface area contributed by atoms with Crippen molar-refractivity contribution in [3.63, 3.8) is 0 Å². The second-order valence-corrected chi connectivity index (χ2v) is 9.00. The number of pyridine rings is 1. The van der Waals surface area contributed by atoms with E-state index in [0.29, 0.717) is 13.3 Å². The van der Waals surface area contributed by atoms with Gasteiger partial charge in [-0.25, -0.2) is 18.3 Å². The first-order chi connectivity index (χ1) is 11.0. The van der Waals surface area contributed by atoms with Gasteiger partial charge in [0.15, 0.2) is 11.8 Å². The molecule has 1 rings (SSSR count). The summed E-state index contributed by atoms with van der Waals surface area (Å²) >= 11 is 0. The molecule has 0 saturated carbocycles. The molecule has 0 aliphatic heterocycles. The fraction of sp³-hybridized carbons (Fsp3) is 0.500. The molecule has 0 aliphatic rings. The molecule has 1 aromatic rings. The first-order valence-corrected chi connectivity index (χ1v) is 9.58. The summed E-state index contributed by atoms with van der Waals surface area (Å²) in [4.78, 5) is 3.79. The number of nitrogens with zero attached hydrogens (tertiary/aromatic N) is 4. The third-order valence-electron chi connectivity index (χ3n) is 3.17. The standard InChI is InChI=1S/C12H20N4O7S2/c1-12(2,3)16(17)8-9-7-13-11(15(5)25(21,22)23)6-10(9)14(4)24(18,19)20/h6-8H,1-5H3,(H,18,19,20)(H,21,22,23). The highest BCUT2D eigenvalue weighted by Crippen LogP contribution is 2.25. The van der Waals surface area contributed by atoms with Crippen LogP contribution in [-0.2, 0) is 20.6 Å². The van der Waals surface area contributed by atoms with Crippen LogP contribution in [0.5, 0.6) is 0 Å². The Bertz CT molecular complexity index is 889. The molecule has 0 radical (unpaired) electrons. The van der Waals surface area contributed by atoms with Crippen LogP contribution < -0.4 is 8.61 Å². The Morgan fingerprint density at radius 2 is 1.60 bits per heavy atom. The highest BCUT2D eigenvalue weighted by molar-refractivity contribution is 7.87. The lowest BCUT2D eigenvalue weighted by Crippen LogP contribution is -2.31. The van der Waals surface area contributed by atoms with Crippen LogP contribution in [0.1, 0.15) is 26.3 Å². The maximum atomic E-state index is 12.1. The Hall–Kier alpha value is -1.96. The first-order valence-electron chi connectivity index (χ1n) is 6.79. The van der Waals surface area contributed by atoms with Gasteiger partial charge in [-0.05, 0) is 0 Å². The van der Waals surface area contributed by atoms with E-state index in [1.54, 1.807) is 20.8 Å². The molecule has 11 nitrogen and oxygen atoms in total. The van der Waals surface area contributed by atoms with Crippen molar-refractivity contribution in [2.45, 2.75) is 26.3 Å². The molecule has 142 valence electrons. The highest BCUT2D eigenvalue weighted by Gasteiger charge is 2.25. The van der Waals surface area contributed by atoms with Crippen molar-refractivity contribution < 1.29 is 30.7 Å². The van der Waals surface area contributed by atoms with E-state index in [2.05, 4.69) is 4.98 Å². The minimum atomic E-state index is -4.69. The predicted octanol–water partition coefficient (Wildman–Crippen LogP) is 0.287. The molecule has 0 spiro atoms. The minimum absolute atomic E-state index is 0.0116. The summed E-state index contributed by atoms with van der Waals surface area (Å²) in [5.41, 5.74) is -1.04. The van der Waals surface area contributed by atoms with Crippen molar-refractivity contribution in [1.29, 1.82) is 0 Å². The van der Waals surface area contributed by atoms with Gasteiger partial charge < -0.3 is 5.21 Å². The Kier molecular flexibility index (Phi) is 5.69. The van der Waals surface area contributed by atoms with E-state index in [-0.39, 0.29) is 17.1 Å². The van der Waals surface area contributed by atoms with Crippen LogP contribution >= 0.6 is 0 Å². The zero-order chi connectivity index (χ0) is 19.8. The summed E-state index contributed by atoms with van der Waals surface area (Å²) in [7, 11) is -7.33. The Morgan fingerprint density at radius 3 is 2.00 bits per heavy atom. The van der Waals surface area contributed by atoms with Gasteiger partial charge in [0.25, 0.3) is 0 Å². The van der Waals surface area contributed by atoms with E-state index < -0.39 is 26.1 Å². The summed E-state index contributed by atoms with van der Waals surface area (Å²) in [6.45, 7) is 4.86. The van der Waals surface area contributed by atoms with E-state index >= 15 is 0 Å². The van der Waals surface area contributed by atoms with Gasteiger partial charge in [-0.2, -0.15) is 16.8 Å². The molecule has 25 heavy (non-hydrogen) atoms. The minimum Gasteiger partial charge on any atom is -0.623 e. The number of hydrogen-bond donors (Lipinski definition) is 2. The van der Waals surface area contributed by atoms with E-state index in [4.69, 9.17) is 4.55 Å². The molecular weight excluding hydrogens is 376 g/mol. The summed E-state index contributed by atoms with van der Waals surface area (Å²) in [6, 6.07) is 0.990. The van der Waals surface area contributed by atoms with Crippen LogP contribution in [0.2, 0.25) is 0 Å². The van der Waals surface area contributed by atoms with Gasteiger partial charge in [-0.1, -0.05) is 0 Å². The van der Waals surface area contributed by atoms with Crippen LogP contribution in [0.3, 0.4) is 0 Å². The van der Waals surface area contributed by atoms with Crippen molar-refractivity contribution in [3.05, 3.63) is 23.0 Å². The molecule has 13 heteroatoms. The number of rotatable bonds is 5. The van der Waals surface area contributed by atoms with Crippen molar-refractivity contribution in [2.24, 2.45) is 0 Å². The SMILES string of the molecule is CN(c1cc(N(C)S(=O)(=O)O)c(C=[N+]([O-])C(C)(C)C)cn1)S(=O)(=O)O. The van der Waals surface area contributed by atoms with Gasteiger partial charge in [0.1, 0.15) is 5.82 Å². The lowest BCUT2D eigenvalue weighted by Gasteiger charge is -2.22. The monoisotopic (exact) mass is 396 g/mol. The fourth-order valence-corrected chi connectivity index (χ4v) is 2.29.